The van der Waals surface area contributed by atoms with E-state index in [1.807, 2.05) is 37.3 Å². The van der Waals surface area contributed by atoms with Gasteiger partial charge in [-0.2, -0.15) is 0 Å². The molecule has 0 aromatic heterocycles. The van der Waals surface area contributed by atoms with Gasteiger partial charge in [0.25, 0.3) is 5.91 Å². The lowest BCUT2D eigenvalue weighted by atomic mass is 9.81. The third-order valence-corrected chi connectivity index (χ3v) is 4.16. The van der Waals surface area contributed by atoms with Crippen molar-refractivity contribution in [3.63, 3.8) is 0 Å². The highest BCUT2D eigenvalue weighted by molar-refractivity contribution is 6.07. The number of amides is 4. The summed E-state index contributed by atoms with van der Waals surface area (Å²) in [5, 5.41) is 15.4. The number of imide groups is 1. The number of hydrogen-bond donors (Lipinski definition) is 3. The van der Waals surface area contributed by atoms with Gasteiger partial charge < -0.3 is 5.32 Å². The van der Waals surface area contributed by atoms with Gasteiger partial charge >= 0.3 is 6.03 Å². The Hall–Kier alpha value is -2.41. The molecule has 2 rings (SSSR count). The van der Waals surface area contributed by atoms with Crippen molar-refractivity contribution in [2.24, 2.45) is 0 Å². The Bertz CT molecular complexity index is 578. The van der Waals surface area contributed by atoms with Crippen molar-refractivity contribution in [3.8, 4) is 0 Å². The molecule has 4 amide bonds. The number of carbonyl (C=O) groups is 3. The van der Waals surface area contributed by atoms with Gasteiger partial charge in [0.1, 0.15) is 5.54 Å². The van der Waals surface area contributed by atoms with Crippen LogP contribution in [0.5, 0.6) is 0 Å². The number of urea groups is 1. The van der Waals surface area contributed by atoms with E-state index in [1.165, 1.54) is 0 Å². The summed E-state index contributed by atoms with van der Waals surface area (Å²) >= 11 is 0. The van der Waals surface area contributed by atoms with Gasteiger partial charge in [-0.25, -0.2) is 9.86 Å². The molecule has 0 spiro atoms. The van der Waals surface area contributed by atoms with Gasteiger partial charge in [-0.05, 0) is 18.4 Å². The summed E-state index contributed by atoms with van der Waals surface area (Å²) in [6.07, 6.45) is 2.33. The molecule has 7 nitrogen and oxygen atoms in total. The fraction of sp³-hybridized carbons (Fsp3) is 0.438. The van der Waals surface area contributed by atoms with Crippen LogP contribution in [0.3, 0.4) is 0 Å². The molecule has 1 aromatic rings. The summed E-state index contributed by atoms with van der Waals surface area (Å²) < 4.78 is 0. The van der Waals surface area contributed by atoms with E-state index in [0.29, 0.717) is 17.9 Å². The van der Waals surface area contributed by atoms with Crippen molar-refractivity contribution in [1.82, 2.24) is 15.7 Å². The predicted octanol–water partition coefficient (Wildman–Crippen LogP) is 1.21. The number of carbonyl (C=O) groups excluding carboxylic acids is 3. The standard InChI is InChI=1S/C16H21N3O4/c1-2-3-9-16(14(21)17-15(22)18-16)13(19(23)11-20)10-12-7-5-4-6-8-12/h4-8,11,13,23H,2-3,9-10H2,1H3,(H2,17,18,21,22)/t13-,16?/m0/s1. The molecule has 23 heavy (non-hydrogen) atoms. The largest absolute Gasteiger partial charge is 0.322 e. The highest BCUT2D eigenvalue weighted by Crippen LogP contribution is 2.28. The van der Waals surface area contributed by atoms with Crippen LogP contribution in [-0.2, 0) is 16.0 Å². The number of hydroxylamine groups is 2. The minimum atomic E-state index is -1.33. The maximum absolute atomic E-state index is 12.4. The van der Waals surface area contributed by atoms with E-state index >= 15 is 0 Å². The average Bonchev–Trinajstić information content (AvgIpc) is 2.85. The second-order valence-corrected chi connectivity index (χ2v) is 5.67. The molecule has 7 heteroatoms. The van der Waals surface area contributed by atoms with Crippen LogP contribution in [0.25, 0.3) is 0 Å². The molecule has 1 aromatic carbocycles. The van der Waals surface area contributed by atoms with Crippen molar-refractivity contribution >= 4 is 18.3 Å². The smallest absolute Gasteiger partial charge is 0.321 e. The number of rotatable bonds is 8. The van der Waals surface area contributed by atoms with E-state index in [0.717, 1.165) is 12.0 Å². The first-order valence-electron chi connectivity index (χ1n) is 7.63. The van der Waals surface area contributed by atoms with Crippen LogP contribution in [0.15, 0.2) is 30.3 Å². The number of unbranched alkanes of at least 4 members (excludes halogenated alkanes) is 1. The summed E-state index contributed by atoms with van der Waals surface area (Å²) in [7, 11) is 0. The second-order valence-electron chi connectivity index (χ2n) is 5.67. The molecule has 1 aliphatic heterocycles. The van der Waals surface area contributed by atoms with Crippen molar-refractivity contribution in [2.45, 2.75) is 44.2 Å². The maximum Gasteiger partial charge on any atom is 0.322 e. The lowest BCUT2D eigenvalue weighted by Crippen LogP contribution is -2.62. The van der Waals surface area contributed by atoms with Crippen LogP contribution in [0.4, 0.5) is 4.79 Å². The Labute approximate surface area is 134 Å². The molecule has 2 atom stereocenters. The Balaban J connectivity index is 2.38. The molecule has 1 unspecified atom stereocenters. The third-order valence-electron chi connectivity index (χ3n) is 4.16. The van der Waals surface area contributed by atoms with Crippen LogP contribution in [0, 0.1) is 0 Å². The van der Waals surface area contributed by atoms with Gasteiger partial charge in [-0.15, -0.1) is 0 Å². The minimum absolute atomic E-state index is 0.244. The molecule has 3 N–H and O–H groups in total. The zero-order valence-corrected chi connectivity index (χ0v) is 13.0. The first-order valence-corrected chi connectivity index (χ1v) is 7.63. The van der Waals surface area contributed by atoms with Gasteiger partial charge in [0, 0.05) is 0 Å². The van der Waals surface area contributed by atoms with Crippen LogP contribution in [-0.4, -0.2) is 40.2 Å². The molecule has 0 aliphatic carbocycles. The van der Waals surface area contributed by atoms with Crippen molar-refractivity contribution < 1.29 is 19.6 Å². The second kappa shape index (κ2) is 7.23. The Morgan fingerprint density at radius 1 is 1.30 bits per heavy atom. The zero-order valence-electron chi connectivity index (χ0n) is 13.0. The summed E-state index contributed by atoms with van der Waals surface area (Å²) in [6, 6.07) is 7.71. The Morgan fingerprint density at radius 3 is 2.52 bits per heavy atom. The van der Waals surface area contributed by atoms with Gasteiger partial charge in [-0.1, -0.05) is 50.1 Å². The summed E-state index contributed by atoms with van der Waals surface area (Å²) in [5.74, 6) is -0.516. The predicted molar refractivity (Wildman–Crippen MR) is 82.6 cm³/mol. The van der Waals surface area contributed by atoms with E-state index in [4.69, 9.17) is 0 Å². The van der Waals surface area contributed by atoms with E-state index in [2.05, 4.69) is 10.6 Å². The quantitative estimate of drug-likeness (QED) is 0.290. The monoisotopic (exact) mass is 319 g/mol. The van der Waals surface area contributed by atoms with E-state index in [9.17, 15) is 19.6 Å². The van der Waals surface area contributed by atoms with Crippen molar-refractivity contribution in [1.29, 1.82) is 0 Å². The molecular weight excluding hydrogens is 298 g/mol. The molecule has 0 saturated carbocycles. The first kappa shape index (κ1) is 17.0. The molecule has 1 heterocycles. The summed E-state index contributed by atoms with van der Waals surface area (Å²) in [5.41, 5.74) is -0.485. The number of hydrogen-bond acceptors (Lipinski definition) is 4. The van der Waals surface area contributed by atoms with E-state index in [-0.39, 0.29) is 12.8 Å². The molecular formula is C16H21N3O4. The fourth-order valence-electron chi connectivity index (χ4n) is 2.94. The van der Waals surface area contributed by atoms with Gasteiger partial charge in [0.05, 0.1) is 6.04 Å². The van der Waals surface area contributed by atoms with Crippen molar-refractivity contribution in [3.05, 3.63) is 35.9 Å². The third kappa shape index (κ3) is 3.50. The number of nitrogens with one attached hydrogen (secondary N) is 2. The fourth-order valence-corrected chi connectivity index (χ4v) is 2.94. The average molecular weight is 319 g/mol. The topological polar surface area (TPSA) is 98.7 Å². The van der Waals surface area contributed by atoms with E-state index in [1.54, 1.807) is 0 Å². The Morgan fingerprint density at radius 2 is 2.00 bits per heavy atom. The molecule has 1 aliphatic rings. The molecule has 124 valence electrons. The number of nitrogens with zero attached hydrogens (tertiary/aromatic N) is 1. The zero-order chi connectivity index (χ0) is 16.9. The molecule has 0 bridgehead atoms. The van der Waals surface area contributed by atoms with Gasteiger partial charge in [0.2, 0.25) is 6.41 Å². The lowest BCUT2D eigenvalue weighted by molar-refractivity contribution is -0.170. The highest BCUT2D eigenvalue weighted by Gasteiger charge is 2.53. The molecule has 0 radical (unpaired) electrons. The summed E-state index contributed by atoms with van der Waals surface area (Å²) in [4.78, 5) is 35.2. The maximum atomic E-state index is 12.4. The van der Waals surface area contributed by atoms with Crippen LogP contribution < -0.4 is 10.6 Å². The van der Waals surface area contributed by atoms with Crippen LogP contribution in [0.2, 0.25) is 0 Å². The van der Waals surface area contributed by atoms with Gasteiger partial charge in [-0.3, -0.25) is 20.1 Å². The summed E-state index contributed by atoms with van der Waals surface area (Å²) in [6.45, 7) is 1.96. The minimum Gasteiger partial charge on any atom is -0.321 e. The Kier molecular flexibility index (Phi) is 5.33. The first-order chi connectivity index (χ1) is 11.0. The van der Waals surface area contributed by atoms with Crippen LogP contribution in [0.1, 0.15) is 31.7 Å². The molecule has 1 fully saturated rings. The normalized spacial score (nSPS) is 21.5. The van der Waals surface area contributed by atoms with E-state index < -0.39 is 23.5 Å². The lowest BCUT2D eigenvalue weighted by Gasteiger charge is -2.37. The van der Waals surface area contributed by atoms with Crippen molar-refractivity contribution in [2.75, 3.05) is 0 Å². The SMILES string of the molecule is CCCCC1([C@H](Cc2ccccc2)N(O)C=O)NC(=O)NC1=O. The highest BCUT2D eigenvalue weighted by atomic mass is 16.5. The number of benzene rings is 1. The van der Waals surface area contributed by atoms with Crippen LogP contribution >= 0.6 is 0 Å². The molecule has 1 saturated heterocycles. The van der Waals surface area contributed by atoms with Gasteiger partial charge in [0.15, 0.2) is 0 Å².